The second-order valence-electron chi connectivity index (χ2n) is 4.59. The summed E-state index contributed by atoms with van der Waals surface area (Å²) in [5.41, 5.74) is 1.88. The van der Waals surface area contributed by atoms with Crippen LogP contribution in [0, 0.1) is 0 Å². The molecule has 0 spiro atoms. The molecule has 0 atom stereocenters. The van der Waals surface area contributed by atoms with E-state index in [2.05, 4.69) is 32.4 Å². The number of anilines is 1. The molecule has 6 heteroatoms. The number of hydrogen-bond donors (Lipinski definition) is 1. The molecule has 21 heavy (non-hydrogen) atoms. The van der Waals surface area contributed by atoms with Crippen molar-refractivity contribution in [3.8, 4) is 11.5 Å². The molecule has 0 unspecified atom stereocenters. The van der Waals surface area contributed by atoms with Gasteiger partial charge in [0.2, 0.25) is 5.82 Å². The highest BCUT2D eigenvalue weighted by Crippen LogP contribution is 2.26. The zero-order chi connectivity index (χ0) is 14.7. The monoisotopic (exact) mass is 283 g/mol. The van der Waals surface area contributed by atoms with Crippen LogP contribution >= 0.6 is 0 Å². The first kappa shape index (κ1) is 13.4. The molecule has 3 rings (SSSR count). The van der Waals surface area contributed by atoms with E-state index in [-0.39, 0.29) is 0 Å². The Balaban J connectivity index is 2.09. The zero-order valence-electron chi connectivity index (χ0n) is 12.1. The molecule has 108 valence electrons. The van der Waals surface area contributed by atoms with Crippen LogP contribution in [0.25, 0.3) is 11.5 Å². The van der Waals surface area contributed by atoms with Gasteiger partial charge in [0.1, 0.15) is 13.4 Å². The van der Waals surface area contributed by atoms with E-state index in [1.165, 1.54) is 6.33 Å². The number of nitrogens with zero attached hydrogens (tertiary/aromatic N) is 4. The first-order valence-electron chi connectivity index (χ1n) is 6.88. The Bertz CT molecular complexity index is 695. The fraction of sp³-hybridized carbons (Fsp3) is 0.267. The van der Waals surface area contributed by atoms with Crippen LogP contribution in [0.2, 0.25) is 0 Å². The van der Waals surface area contributed by atoms with E-state index >= 15 is 0 Å². The Kier molecular flexibility index (Phi) is 3.68. The van der Waals surface area contributed by atoms with Crippen LogP contribution in [0.5, 0.6) is 0 Å². The van der Waals surface area contributed by atoms with E-state index in [0.29, 0.717) is 12.2 Å². The first-order valence-corrected chi connectivity index (χ1v) is 6.88. The molecule has 0 aromatic heterocycles. The second kappa shape index (κ2) is 5.78. The van der Waals surface area contributed by atoms with Gasteiger partial charge in [0.15, 0.2) is 17.3 Å². The summed E-state index contributed by atoms with van der Waals surface area (Å²) in [4.78, 5) is 18.6. The predicted octanol–water partition coefficient (Wildman–Crippen LogP) is 1.86. The standard InChI is InChI=1S/C15H17N5O/c1-3-16-14-13-15(18-10-17-13)20(21-2)12(19-14)9-11-7-5-4-6-8-11/h4-8,10,16H,3,9H2,1-2H3. The van der Waals surface area contributed by atoms with Gasteiger partial charge in [-0.1, -0.05) is 30.3 Å². The second-order valence-corrected chi connectivity index (χ2v) is 4.59. The lowest BCUT2D eigenvalue weighted by Gasteiger charge is -2.17. The lowest BCUT2D eigenvalue weighted by atomic mass is 10.1. The third-order valence-corrected chi connectivity index (χ3v) is 3.20. The zero-order valence-corrected chi connectivity index (χ0v) is 12.1. The molecule has 2 aliphatic heterocycles. The summed E-state index contributed by atoms with van der Waals surface area (Å²) >= 11 is 0. The normalized spacial score (nSPS) is 10.8. The molecule has 2 aliphatic rings. The van der Waals surface area contributed by atoms with Crippen molar-refractivity contribution < 1.29 is 4.84 Å². The molecule has 6 nitrogen and oxygen atoms in total. The number of hydrogen-bond acceptors (Lipinski definition) is 5. The molecule has 1 aromatic carbocycles. The average Bonchev–Trinajstić information content (AvgIpc) is 2.98. The van der Waals surface area contributed by atoms with Gasteiger partial charge in [0, 0.05) is 13.0 Å². The van der Waals surface area contributed by atoms with E-state index < -0.39 is 0 Å². The van der Waals surface area contributed by atoms with Crippen LogP contribution in [0.1, 0.15) is 18.3 Å². The highest BCUT2D eigenvalue weighted by Gasteiger charge is 2.21. The van der Waals surface area contributed by atoms with Crippen molar-refractivity contribution in [1.29, 1.82) is 0 Å². The highest BCUT2D eigenvalue weighted by molar-refractivity contribution is 5.67. The van der Waals surface area contributed by atoms with E-state index in [9.17, 15) is 0 Å². The molecule has 2 heterocycles. The minimum atomic E-state index is 0.663. The largest absolute Gasteiger partial charge is 0.414 e. The molecule has 0 bridgehead atoms. The highest BCUT2D eigenvalue weighted by atomic mass is 16.6. The molecule has 0 amide bonds. The van der Waals surface area contributed by atoms with Crippen LogP contribution in [-0.4, -0.2) is 33.3 Å². The SMILES string of the molecule is CCNc1nc(Cc2ccccc2)n(OC)c2ncnc1-2. The lowest BCUT2D eigenvalue weighted by Crippen LogP contribution is -2.20. The average molecular weight is 283 g/mol. The molecule has 1 N–H and O–H groups in total. The third kappa shape index (κ3) is 2.52. The summed E-state index contributed by atoms with van der Waals surface area (Å²) in [7, 11) is 1.61. The summed E-state index contributed by atoms with van der Waals surface area (Å²) in [6, 6.07) is 10.2. The van der Waals surface area contributed by atoms with Gasteiger partial charge in [0.05, 0.1) is 0 Å². The van der Waals surface area contributed by atoms with E-state index in [1.807, 2.05) is 25.1 Å². The van der Waals surface area contributed by atoms with Crippen molar-refractivity contribution in [1.82, 2.24) is 19.7 Å². The quantitative estimate of drug-likeness (QED) is 0.774. The fourth-order valence-electron chi connectivity index (χ4n) is 2.30. The van der Waals surface area contributed by atoms with Crippen molar-refractivity contribution in [2.24, 2.45) is 0 Å². The summed E-state index contributed by atoms with van der Waals surface area (Å²) in [6.07, 6.45) is 2.19. The van der Waals surface area contributed by atoms with Crippen molar-refractivity contribution >= 4 is 5.82 Å². The smallest absolute Gasteiger partial charge is 0.201 e. The maximum absolute atomic E-state index is 5.45. The first-order chi connectivity index (χ1) is 10.3. The summed E-state index contributed by atoms with van der Waals surface area (Å²) in [6.45, 7) is 2.80. The number of imidazole rings is 1. The third-order valence-electron chi connectivity index (χ3n) is 3.20. The number of benzene rings is 1. The number of nitrogens with one attached hydrogen (secondary N) is 1. The van der Waals surface area contributed by atoms with Crippen molar-refractivity contribution in [2.75, 3.05) is 19.0 Å². The molecule has 0 aliphatic carbocycles. The minimum absolute atomic E-state index is 0.663. The topological polar surface area (TPSA) is 64.9 Å². The maximum Gasteiger partial charge on any atom is 0.201 e. The molecule has 0 fully saturated rings. The van der Waals surface area contributed by atoms with Crippen LogP contribution in [0.15, 0.2) is 36.7 Å². The van der Waals surface area contributed by atoms with Gasteiger partial charge in [-0.15, -0.1) is 4.73 Å². The Morgan fingerprint density at radius 1 is 1.19 bits per heavy atom. The van der Waals surface area contributed by atoms with Crippen LogP contribution in [-0.2, 0) is 6.42 Å². The van der Waals surface area contributed by atoms with Crippen LogP contribution in [0.4, 0.5) is 5.82 Å². The summed E-state index contributed by atoms with van der Waals surface area (Å²) < 4.78 is 1.64. The summed E-state index contributed by atoms with van der Waals surface area (Å²) in [5, 5.41) is 3.23. The number of aromatic nitrogens is 4. The molecule has 0 radical (unpaired) electrons. The van der Waals surface area contributed by atoms with Crippen molar-refractivity contribution in [2.45, 2.75) is 13.3 Å². The Morgan fingerprint density at radius 2 is 2.00 bits per heavy atom. The number of fused-ring (bicyclic) bond motifs is 1. The van der Waals surface area contributed by atoms with Gasteiger partial charge < -0.3 is 10.2 Å². The maximum atomic E-state index is 5.45. The van der Waals surface area contributed by atoms with Crippen molar-refractivity contribution in [3.63, 3.8) is 0 Å². The van der Waals surface area contributed by atoms with Gasteiger partial charge in [-0.2, -0.15) is 0 Å². The minimum Gasteiger partial charge on any atom is -0.414 e. The van der Waals surface area contributed by atoms with E-state index in [4.69, 9.17) is 4.84 Å². The predicted molar refractivity (Wildman–Crippen MR) is 80.4 cm³/mol. The molecule has 0 saturated carbocycles. The van der Waals surface area contributed by atoms with Crippen LogP contribution in [0.3, 0.4) is 0 Å². The van der Waals surface area contributed by atoms with Crippen molar-refractivity contribution in [3.05, 3.63) is 48.0 Å². The van der Waals surface area contributed by atoms with Gasteiger partial charge >= 0.3 is 0 Å². The van der Waals surface area contributed by atoms with E-state index in [1.54, 1.807) is 11.8 Å². The molecule has 0 saturated heterocycles. The molecular formula is C15H17N5O. The van der Waals surface area contributed by atoms with Crippen LogP contribution < -0.4 is 10.2 Å². The Labute approximate surface area is 123 Å². The fourth-order valence-corrected chi connectivity index (χ4v) is 2.30. The molecule has 1 aromatic rings. The van der Waals surface area contributed by atoms with Gasteiger partial charge in [-0.25, -0.2) is 15.0 Å². The molecular weight excluding hydrogens is 266 g/mol. The van der Waals surface area contributed by atoms with Gasteiger partial charge in [-0.3, -0.25) is 0 Å². The van der Waals surface area contributed by atoms with Gasteiger partial charge in [-0.05, 0) is 12.5 Å². The summed E-state index contributed by atoms with van der Waals surface area (Å²) in [5.74, 6) is 2.20. The van der Waals surface area contributed by atoms with E-state index in [0.717, 1.165) is 29.4 Å². The number of rotatable bonds is 5. The van der Waals surface area contributed by atoms with Gasteiger partial charge in [0.25, 0.3) is 0 Å². The Hall–Kier alpha value is -2.63. The Morgan fingerprint density at radius 3 is 2.71 bits per heavy atom. The lowest BCUT2D eigenvalue weighted by molar-refractivity contribution is 0.156.